The van der Waals surface area contributed by atoms with Crippen molar-refractivity contribution in [2.24, 2.45) is 17.4 Å². The second kappa shape index (κ2) is 6.13. The standard InChI is InChI=1S/C14H21N3O3S/c1-10-8-13(3-2-12(10)9-15)21(19,20)17-6-4-11(5-7-17)14(16)18/h2-3,8,11H,4-7,9,15H2,1H3,(H2,16,18). The van der Waals surface area contributed by atoms with Crippen LogP contribution in [-0.4, -0.2) is 31.7 Å². The summed E-state index contributed by atoms with van der Waals surface area (Å²) in [5.41, 5.74) is 12.7. The second-order valence-corrected chi connectivity index (χ2v) is 7.31. The molecule has 1 saturated heterocycles. The van der Waals surface area contributed by atoms with Crippen molar-refractivity contribution < 1.29 is 13.2 Å². The smallest absolute Gasteiger partial charge is 0.243 e. The maximum atomic E-state index is 12.6. The lowest BCUT2D eigenvalue weighted by atomic mass is 9.98. The van der Waals surface area contributed by atoms with Crippen LogP contribution in [0.1, 0.15) is 24.0 Å². The maximum Gasteiger partial charge on any atom is 0.243 e. The van der Waals surface area contributed by atoms with Crippen LogP contribution in [0, 0.1) is 12.8 Å². The number of primary amides is 1. The van der Waals surface area contributed by atoms with Crippen molar-refractivity contribution in [1.29, 1.82) is 0 Å². The highest BCUT2D eigenvalue weighted by Gasteiger charge is 2.31. The summed E-state index contributed by atoms with van der Waals surface area (Å²) >= 11 is 0. The zero-order valence-electron chi connectivity index (χ0n) is 12.1. The maximum absolute atomic E-state index is 12.6. The Morgan fingerprint density at radius 3 is 2.43 bits per heavy atom. The number of amides is 1. The highest BCUT2D eigenvalue weighted by molar-refractivity contribution is 7.89. The lowest BCUT2D eigenvalue weighted by Crippen LogP contribution is -2.41. The minimum absolute atomic E-state index is 0.224. The zero-order valence-corrected chi connectivity index (χ0v) is 12.9. The van der Waals surface area contributed by atoms with Crippen LogP contribution in [0.3, 0.4) is 0 Å². The molecule has 1 aliphatic rings. The molecule has 0 radical (unpaired) electrons. The molecule has 0 aromatic heterocycles. The quantitative estimate of drug-likeness (QED) is 0.836. The van der Waals surface area contributed by atoms with Crippen molar-refractivity contribution in [2.75, 3.05) is 13.1 Å². The van der Waals surface area contributed by atoms with Crippen molar-refractivity contribution in [3.8, 4) is 0 Å². The number of hydrogen-bond acceptors (Lipinski definition) is 4. The Bertz CT molecular complexity index is 635. The third kappa shape index (κ3) is 3.25. The van der Waals surface area contributed by atoms with Gasteiger partial charge in [0.1, 0.15) is 0 Å². The number of carbonyl (C=O) groups excluding carboxylic acids is 1. The first kappa shape index (κ1) is 15.9. The van der Waals surface area contributed by atoms with E-state index in [-0.39, 0.29) is 16.7 Å². The van der Waals surface area contributed by atoms with E-state index in [1.165, 1.54) is 4.31 Å². The zero-order chi connectivity index (χ0) is 15.6. The number of carbonyl (C=O) groups is 1. The van der Waals surface area contributed by atoms with Gasteiger partial charge in [-0.15, -0.1) is 0 Å². The Balaban J connectivity index is 2.19. The largest absolute Gasteiger partial charge is 0.369 e. The van der Waals surface area contributed by atoms with E-state index in [0.29, 0.717) is 32.5 Å². The number of aryl methyl sites for hydroxylation is 1. The predicted octanol–water partition coefficient (Wildman–Crippen LogP) is 0.340. The van der Waals surface area contributed by atoms with Crippen LogP contribution in [0.2, 0.25) is 0 Å². The van der Waals surface area contributed by atoms with Crippen LogP contribution in [0.5, 0.6) is 0 Å². The van der Waals surface area contributed by atoms with Gasteiger partial charge in [0.05, 0.1) is 4.90 Å². The average Bonchev–Trinajstić information content (AvgIpc) is 2.47. The second-order valence-electron chi connectivity index (χ2n) is 5.37. The Morgan fingerprint density at radius 2 is 1.95 bits per heavy atom. The number of benzene rings is 1. The lowest BCUT2D eigenvalue weighted by molar-refractivity contribution is -0.122. The van der Waals surface area contributed by atoms with E-state index in [4.69, 9.17) is 11.5 Å². The first-order valence-corrected chi connectivity index (χ1v) is 8.39. The average molecular weight is 311 g/mol. The van der Waals surface area contributed by atoms with Gasteiger partial charge < -0.3 is 11.5 Å². The first-order valence-electron chi connectivity index (χ1n) is 6.95. The van der Waals surface area contributed by atoms with Crippen molar-refractivity contribution >= 4 is 15.9 Å². The van der Waals surface area contributed by atoms with Gasteiger partial charge in [-0.3, -0.25) is 4.79 Å². The van der Waals surface area contributed by atoms with E-state index < -0.39 is 10.0 Å². The topological polar surface area (TPSA) is 106 Å². The van der Waals surface area contributed by atoms with Gasteiger partial charge >= 0.3 is 0 Å². The van der Waals surface area contributed by atoms with Crippen molar-refractivity contribution in [3.63, 3.8) is 0 Å². The minimum Gasteiger partial charge on any atom is -0.369 e. The van der Waals surface area contributed by atoms with E-state index in [9.17, 15) is 13.2 Å². The number of sulfonamides is 1. The normalized spacial score (nSPS) is 17.8. The molecule has 2 rings (SSSR count). The van der Waals surface area contributed by atoms with E-state index >= 15 is 0 Å². The van der Waals surface area contributed by atoms with Gasteiger partial charge in [0.15, 0.2) is 0 Å². The highest BCUT2D eigenvalue weighted by atomic mass is 32.2. The van der Waals surface area contributed by atoms with Crippen LogP contribution < -0.4 is 11.5 Å². The van der Waals surface area contributed by atoms with Crippen LogP contribution >= 0.6 is 0 Å². The molecule has 1 aliphatic heterocycles. The van der Waals surface area contributed by atoms with Crippen molar-refractivity contribution in [2.45, 2.75) is 31.2 Å². The number of piperidine rings is 1. The Hall–Kier alpha value is -1.44. The summed E-state index contributed by atoms with van der Waals surface area (Å²) in [4.78, 5) is 11.4. The molecule has 1 aromatic rings. The summed E-state index contributed by atoms with van der Waals surface area (Å²) in [6.45, 7) is 2.89. The SMILES string of the molecule is Cc1cc(S(=O)(=O)N2CCC(C(N)=O)CC2)ccc1CN. The lowest BCUT2D eigenvalue weighted by Gasteiger charge is -2.29. The molecule has 0 bridgehead atoms. The molecule has 0 saturated carbocycles. The van der Waals surface area contributed by atoms with Crippen molar-refractivity contribution in [1.82, 2.24) is 4.31 Å². The molecule has 1 fully saturated rings. The van der Waals surface area contributed by atoms with E-state index in [0.717, 1.165) is 11.1 Å². The molecule has 0 unspecified atom stereocenters. The molecule has 4 N–H and O–H groups in total. The van der Waals surface area contributed by atoms with Gasteiger partial charge in [-0.05, 0) is 43.0 Å². The van der Waals surface area contributed by atoms with E-state index in [1.807, 2.05) is 6.92 Å². The summed E-state index contributed by atoms with van der Waals surface area (Å²) in [6.07, 6.45) is 0.961. The summed E-state index contributed by atoms with van der Waals surface area (Å²) in [6, 6.07) is 4.99. The number of rotatable bonds is 4. The van der Waals surface area contributed by atoms with E-state index in [2.05, 4.69) is 0 Å². The molecule has 1 amide bonds. The Labute approximate surface area is 125 Å². The van der Waals surface area contributed by atoms with Crippen LogP contribution in [-0.2, 0) is 21.4 Å². The third-order valence-corrected chi connectivity index (χ3v) is 5.92. The molecule has 0 aliphatic carbocycles. The molecular formula is C14H21N3O3S. The molecule has 6 nitrogen and oxygen atoms in total. The Kier molecular flexibility index (Phi) is 4.65. The molecule has 0 spiro atoms. The van der Waals surface area contributed by atoms with Gasteiger partial charge in [-0.1, -0.05) is 6.07 Å². The van der Waals surface area contributed by atoms with Gasteiger partial charge in [0.2, 0.25) is 15.9 Å². The van der Waals surface area contributed by atoms with Gasteiger partial charge in [-0.25, -0.2) is 8.42 Å². The van der Waals surface area contributed by atoms with Crippen LogP contribution in [0.4, 0.5) is 0 Å². The van der Waals surface area contributed by atoms with Gasteiger partial charge in [0.25, 0.3) is 0 Å². The van der Waals surface area contributed by atoms with Crippen LogP contribution in [0.15, 0.2) is 23.1 Å². The monoisotopic (exact) mass is 311 g/mol. The summed E-state index contributed by atoms with van der Waals surface area (Å²) in [5, 5.41) is 0. The highest BCUT2D eigenvalue weighted by Crippen LogP contribution is 2.24. The Morgan fingerprint density at radius 1 is 1.33 bits per heavy atom. The molecule has 1 aromatic carbocycles. The fraction of sp³-hybridized carbons (Fsp3) is 0.500. The van der Waals surface area contributed by atoms with Crippen LogP contribution in [0.25, 0.3) is 0 Å². The van der Waals surface area contributed by atoms with Gasteiger partial charge in [0, 0.05) is 25.6 Å². The molecule has 7 heteroatoms. The third-order valence-electron chi connectivity index (χ3n) is 4.03. The van der Waals surface area contributed by atoms with Gasteiger partial charge in [-0.2, -0.15) is 4.31 Å². The number of nitrogens with two attached hydrogens (primary N) is 2. The predicted molar refractivity (Wildman–Crippen MR) is 79.7 cm³/mol. The fourth-order valence-corrected chi connectivity index (χ4v) is 4.14. The minimum atomic E-state index is -3.52. The number of hydrogen-bond donors (Lipinski definition) is 2. The molecular weight excluding hydrogens is 290 g/mol. The van der Waals surface area contributed by atoms with Crippen molar-refractivity contribution in [3.05, 3.63) is 29.3 Å². The molecule has 116 valence electrons. The molecule has 21 heavy (non-hydrogen) atoms. The molecule has 1 heterocycles. The fourth-order valence-electron chi connectivity index (χ4n) is 2.59. The number of nitrogens with zero attached hydrogens (tertiary/aromatic N) is 1. The first-order chi connectivity index (χ1) is 9.86. The molecule has 0 atom stereocenters. The summed E-state index contributed by atoms with van der Waals surface area (Å²) < 4.78 is 26.6. The summed E-state index contributed by atoms with van der Waals surface area (Å²) in [7, 11) is -3.52. The summed E-state index contributed by atoms with van der Waals surface area (Å²) in [5.74, 6) is -0.576. The van der Waals surface area contributed by atoms with E-state index in [1.54, 1.807) is 18.2 Å².